The maximum absolute atomic E-state index is 11.8. The molecule has 0 heterocycles. The van der Waals surface area contributed by atoms with E-state index in [1.54, 1.807) is 30.3 Å². The van der Waals surface area contributed by atoms with Crippen molar-refractivity contribution < 1.29 is 14.8 Å². The third kappa shape index (κ3) is 6.25. The predicted molar refractivity (Wildman–Crippen MR) is 98.4 cm³/mol. The van der Waals surface area contributed by atoms with Crippen molar-refractivity contribution in [1.82, 2.24) is 0 Å². The molecule has 26 heavy (non-hydrogen) atoms. The molecule has 0 spiro atoms. The second-order valence-corrected chi connectivity index (χ2v) is 6.18. The number of aliphatic carboxylic acids is 1. The van der Waals surface area contributed by atoms with Crippen molar-refractivity contribution in [3.05, 3.63) is 50.9 Å². The maximum Gasteiger partial charge on any atom is 0.405 e. The van der Waals surface area contributed by atoms with E-state index in [2.05, 4.69) is 22.3 Å². The highest BCUT2D eigenvalue weighted by atomic mass is 16.6. The molecule has 1 rings (SSSR count). The molecule has 0 amide bonds. The molecule has 2 atom stereocenters. The van der Waals surface area contributed by atoms with E-state index in [1.165, 1.54) is 0 Å². The molecule has 0 aromatic heterocycles. The Morgan fingerprint density at radius 1 is 1.35 bits per heavy atom. The molecule has 9 heteroatoms. The van der Waals surface area contributed by atoms with Crippen molar-refractivity contribution in [2.75, 3.05) is 5.32 Å². The van der Waals surface area contributed by atoms with Crippen molar-refractivity contribution >= 4 is 11.7 Å². The third-order valence-corrected chi connectivity index (χ3v) is 4.18. The van der Waals surface area contributed by atoms with Gasteiger partial charge in [0.25, 0.3) is 0 Å². The fourth-order valence-corrected chi connectivity index (χ4v) is 2.75. The Morgan fingerprint density at radius 2 is 2.00 bits per heavy atom. The first kappa shape index (κ1) is 21.2. The van der Waals surface area contributed by atoms with Gasteiger partial charge in [-0.2, -0.15) is 0 Å². The van der Waals surface area contributed by atoms with Gasteiger partial charge in [0.1, 0.15) is 0 Å². The first-order valence-corrected chi connectivity index (χ1v) is 8.71. The second-order valence-electron chi connectivity index (χ2n) is 6.18. The zero-order chi connectivity index (χ0) is 19.4. The summed E-state index contributed by atoms with van der Waals surface area (Å²) in [5.41, 5.74) is 6.62. The van der Waals surface area contributed by atoms with Gasteiger partial charge in [0.15, 0.2) is 0 Å². The van der Waals surface area contributed by atoms with Crippen molar-refractivity contribution in [3.63, 3.8) is 0 Å². The van der Waals surface area contributed by atoms with Crippen molar-refractivity contribution in [2.24, 2.45) is 5.11 Å². The van der Waals surface area contributed by atoms with Crippen LogP contribution < -0.4 is 5.32 Å². The summed E-state index contributed by atoms with van der Waals surface area (Å²) in [6.07, 6.45) is 4.83. The van der Waals surface area contributed by atoms with Gasteiger partial charge in [-0.3, -0.25) is 10.1 Å². The molecule has 0 aliphatic heterocycles. The van der Waals surface area contributed by atoms with E-state index >= 15 is 0 Å². The number of benzene rings is 1. The lowest BCUT2D eigenvalue weighted by Crippen LogP contribution is -2.55. The summed E-state index contributed by atoms with van der Waals surface area (Å²) in [7, 11) is 0. The van der Waals surface area contributed by atoms with Crippen LogP contribution in [0, 0.1) is 10.1 Å². The summed E-state index contributed by atoms with van der Waals surface area (Å²) in [6, 6.07) is 7.34. The van der Waals surface area contributed by atoms with E-state index in [4.69, 9.17) is 5.53 Å². The van der Waals surface area contributed by atoms with Crippen LogP contribution in [-0.4, -0.2) is 27.7 Å². The number of carboxylic acid groups (broad SMARTS) is 1. The van der Waals surface area contributed by atoms with E-state index < -0.39 is 29.0 Å². The van der Waals surface area contributed by atoms with Crippen molar-refractivity contribution in [1.29, 1.82) is 0 Å². The van der Waals surface area contributed by atoms with Crippen LogP contribution in [0.5, 0.6) is 0 Å². The van der Waals surface area contributed by atoms with E-state index in [9.17, 15) is 20.0 Å². The average molecular weight is 363 g/mol. The van der Waals surface area contributed by atoms with Gasteiger partial charge in [0.2, 0.25) is 0 Å². The number of nitro groups is 1. The summed E-state index contributed by atoms with van der Waals surface area (Å²) < 4.78 is 0. The van der Waals surface area contributed by atoms with Gasteiger partial charge in [-0.15, -0.1) is 0 Å². The number of unbranched alkanes of at least 4 members (excludes halogenated alkanes) is 4. The fourth-order valence-electron chi connectivity index (χ4n) is 2.75. The first-order chi connectivity index (χ1) is 12.5. The van der Waals surface area contributed by atoms with Gasteiger partial charge in [-0.05, 0) is 24.1 Å². The molecule has 0 bridgehead atoms. The Balaban J connectivity index is 2.95. The minimum absolute atomic E-state index is 0.314. The molecular formula is C17H25N5O4. The molecule has 0 aliphatic rings. The van der Waals surface area contributed by atoms with Crippen LogP contribution in [-0.2, 0) is 4.79 Å². The minimum atomic E-state index is -2.45. The Hall–Kier alpha value is -2.80. The molecule has 142 valence electrons. The van der Waals surface area contributed by atoms with Crippen LogP contribution in [0.25, 0.3) is 10.4 Å². The Bertz CT molecular complexity index is 617. The third-order valence-electron chi connectivity index (χ3n) is 4.18. The van der Waals surface area contributed by atoms with Crippen LogP contribution in [0.3, 0.4) is 0 Å². The zero-order valence-electron chi connectivity index (χ0n) is 14.9. The zero-order valence-corrected chi connectivity index (χ0v) is 14.9. The Kier molecular flexibility index (Phi) is 8.94. The normalized spacial score (nSPS) is 13.9. The Labute approximate surface area is 152 Å². The summed E-state index contributed by atoms with van der Waals surface area (Å²) in [5, 5.41) is 27.3. The van der Waals surface area contributed by atoms with Gasteiger partial charge in [0.05, 0.1) is 11.3 Å². The number of carbonyl (C=O) groups is 1. The minimum Gasteiger partial charge on any atom is -0.474 e. The van der Waals surface area contributed by atoms with Crippen LogP contribution in [0.15, 0.2) is 35.4 Å². The van der Waals surface area contributed by atoms with Crippen LogP contribution in [0.2, 0.25) is 0 Å². The lowest BCUT2D eigenvalue weighted by molar-refractivity contribution is -0.548. The summed E-state index contributed by atoms with van der Waals surface area (Å²) in [5.74, 6) is -1.62. The van der Waals surface area contributed by atoms with Crippen molar-refractivity contribution in [2.45, 2.75) is 63.6 Å². The molecule has 2 unspecified atom stereocenters. The summed E-state index contributed by atoms with van der Waals surface area (Å²) in [6.45, 7) is 2.09. The van der Waals surface area contributed by atoms with Crippen LogP contribution in [0.1, 0.15) is 51.9 Å². The van der Waals surface area contributed by atoms with E-state index in [1.807, 2.05) is 0 Å². The molecule has 0 radical (unpaired) electrons. The molecule has 9 nitrogen and oxygen atoms in total. The van der Waals surface area contributed by atoms with Gasteiger partial charge in [-0.25, -0.2) is 4.79 Å². The highest BCUT2D eigenvalue weighted by molar-refractivity contribution is 5.80. The topological polar surface area (TPSA) is 141 Å². The van der Waals surface area contributed by atoms with E-state index in [0.29, 0.717) is 12.1 Å². The smallest absolute Gasteiger partial charge is 0.405 e. The monoisotopic (exact) mass is 363 g/mol. The number of hydrogen-bond acceptors (Lipinski definition) is 5. The SMILES string of the molecule is CCCCCCCC(CC(Nc1ccccc1)(C(=O)O)[N+](=O)[O-])N=[N+]=[N-]. The number of rotatable bonds is 13. The maximum atomic E-state index is 11.8. The highest BCUT2D eigenvalue weighted by Gasteiger charge is 2.53. The second kappa shape index (κ2) is 10.9. The number of nitrogens with zero attached hydrogens (tertiary/aromatic N) is 4. The summed E-state index contributed by atoms with van der Waals surface area (Å²) in [4.78, 5) is 25.3. The van der Waals surface area contributed by atoms with Gasteiger partial charge in [0, 0.05) is 16.6 Å². The lowest BCUT2D eigenvalue weighted by atomic mass is 9.96. The first-order valence-electron chi connectivity index (χ1n) is 8.71. The lowest BCUT2D eigenvalue weighted by Gasteiger charge is -2.25. The molecule has 0 saturated carbocycles. The molecule has 1 aromatic rings. The number of nitrogens with one attached hydrogen (secondary N) is 1. The van der Waals surface area contributed by atoms with Gasteiger partial charge >= 0.3 is 11.6 Å². The highest BCUT2D eigenvalue weighted by Crippen LogP contribution is 2.26. The molecule has 0 aliphatic carbocycles. The molecular weight excluding hydrogens is 338 g/mol. The molecule has 2 N–H and O–H groups in total. The standard InChI is InChI=1S/C17H25N5O4/c1-2-3-4-5-7-12-15(20-21-18)13-17(16(23)24,22(25)26)19-14-10-8-6-9-11-14/h6,8-11,15,19H,2-5,7,12-13H2,1H3,(H,23,24). The predicted octanol–water partition coefficient (Wildman–Crippen LogP) is 4.59. The fraction of sp³-hybridized carbons (Fsp3) is 0.588. The molecule has 1 aromatic carbocycles. The quantitative estimate of drug-likeness (QED) is 0.100. The number of carboxylic acids is 1. The van der Waals surface area contributed by atoms with Crippen molar-refractivity contribution in [3.8, 4) is 0 Å². The number of para-hydroxylation sites is 1. The molecule has 0 fully saturated rings. The molecule has 0 saturated heterocycles. The largest absolute Gasteiger partial charge is 0.474 e. The number of hydrogen-bond donors (Lipinski definition) is 2. The average Bonchev–Trinajstić information content (AvgIpc) is 2.61. The van der Waals surface area contributed by atoms with Gasteiger partial charge < -0.3 is 10.4 Å². The number of anilines is 1. The number of azide groups is 1. The Morgan fingerprint density at radius 3 is 2.54 bits per heavy atom. The summed E-state index contributed by atoms with van der Waals surface area (Å²) >= 11 is 0. The van der Waals surface area contributed by atoms with E-state index in [-0.39, 0.29) is 0 Å². The van der Waals surface area contributed by atoms with Crippen LogP contribution >= 0.6 is 0 Å². The van der Waals surface area contributed by atoms with E-state index in [0.717, 1.165) is 32.1 Å². The van der Waals surface area contributed by atoms with Gasteiger partial charge in [-0.1, -0.05) is 62.3 Å². The van der Waals surface area contributed by atoms with Crippen LogP contribution in [0.4, 0.5) is 5.69 Å².